The molecule has 0 N–H and O–H groups in total. The molecule has 2 aromatic carbocycles. The van der Waals surface area contributed by atoms with Gasteiger partial charge in [0.2, 0.25) is 5.91 Å². The van der Waals surface area contributed by atoms with E-state index < -0.39 is 5.41 Å². The van der Waals surface area contributed by atoms with Crippen LogP contribution in [-0.2, 0) is 10.2 Å². The van der Waals surface area contributed by atoms with Crippen LogP contribution in [0.25, 0.3) is 0 Å². The standard InChI is InChI=1S/C22H23FN2O2.ClH/c1-24-19-5-3-2-4-18(19)22(21(24)27)11-14-25(15-12-22)13-10-20(26)16-6-8-17(23)9-7-16;/h2-9H,10-15H2,1H3;1H. The second kappa shape index (κ2) is 8.02. The number of Topliss-reactive ketones (excluding diaryl/α,β-unsaturated/α-hetero) is 1. The summed E-state index contributed by atoms with van der Waals surface area (Å²) in [6.07, 6.45) is 1.96. The van der Waals surface area contributed by atoms with Gasteiger partial charge in [-0.05, 0) is 61.8 Å². The molecule has 0 bridgehead atoms. The van der Waals surface area contributed by atoms with E-state index in [-0.39, 0.29) is 29.9 Å². The zero-order valence-electron chi connectivity index (χ0n) is 15.9. The highest BCUT2D eigenvalue weighted by molar-refractivity contribution is 6.07. The Morgan fingerprint density at radius 3 is 2.39 bits per heavy atom. The topological polar surface area (TPSA) is 40.6 Å². The summed E-state index contributed by atoms with van der Waals surface area (Å²) in [4.78, 5) is 29.3. The molecular formula is C22H24ClFN2O2. The van der Waals surface area contributed by atoms with E-state index in [1.165, 1.54) is 24.3 Å². The average molecular weight is 403 g/mol. The lowest BCUT2D eigenvalue weighted by molar-refractivity contribution is -0.124. The first-order valence-corrected chi connectivity index (χ1v) is 9.40. The first-order chi connectivity index (χ1) is 13.0. The molecule has 148 valence electrons. The number of anilines is 1. The van der Waals surface area contributed by atoms with Crippen molar-refractivity contribution in [2.24, 2.45) is 0 Å². The van der Waals surface area contributed by atoms with Crippen molar-refractivity contribution in [3.8, 4) is 0 Å². The Morgan fingerprint density at radius 1 is 1.07 bits per heavy atom. The van der Waals surface area contributed by atoms with E-state index in [2.05, 4.69) is 11.0 Å². The van der Waals surface area contributed by atoms with Gasteiger partial charge in [-0.2, -0.15) is 0 Å². The van der Waals surface area contributed by atoms with Gasteiger partial charge >= 0.3 is 0 Å². The van der Waals surface area contributed by atoms with E-state index in [9.17, 15) is 14.0 Å². The Balaban J connectivity index is 0.00000225. The third-order valence-electron chi connectivity index (χ3n) is 6.03. The minimum Gasteiger partial charge on any atom is -0.314 e. The van der Waals surface area contributed by atoms with Crippen molar-refractivity contribution in [2.45, 2.75) is 24.7 Å². The second-order valence-electron chi connectivity index (χ2n) is 7.49. The van der Waals surface area contributed by atoms with E-state index in [0.29, 0.717) is 18.5 Å². The lowest BCUT2D eigenvalue weighted by atomic mass is 9.73. The van der Waals surface area contributed by atoms with Crippen LogP contribution < -0.4 is 4.90 Å². The molecule has 0 saturated carbocycles. The van der Waals surface area contributed by atoms with E-state index in [1.54, 1.807) is 4.90 Å². The van der Waals surface area contributed by atoms with Crippen molar-refractivity contribution in [1.29, 1.82) is 0 Å². The summed E-state index contributed by atoms with van der Waals surface area (Å²) in [5.41, 5.74) is 2.29. The number of benzene rings is 2. The van der Waals surface area contributed by atoms with Crippen LogP contribution in [-0.4, -0.2) is 43.3 Å². The highest BCUT2D eigenvalue weighted by Gasteiger charge is 2.50. The number of amides is 1. The van der Waals surface area contributed by atoms with Gasteiger partial charge in [0, 0.05) is 31.3 Å². The largest absolute Gasteiger partial charge is 0.314 e. The number of likely N-dealkylation sites (N-methyl/N-ethyl adjacent to an activating group) is 1. The first-order valence-electron chi connectivity index (χ1n) is 9.40. The molecular weight excluding hydrogens is 379 g/mol. The molecule has 2 aliphatic heterocycles. The molecule has 28 heavy (non-hydrogen) atoms. The van der Waals surface area contributed by atoms with Crippen LogP contribution in [0.1, 0.15) is 35.2 Å². The summed E-state index contributed by atoms with van der Waals surface area (Å²) in [6, 6.07) is 13.8. The zero-order valence-corrected chi connectivity index (χ0v) is 16.7. The van der Waals surface area contributed by atoms with Crippen LogP contribution in [0.3, 0.4) is 0 Å². The number of hydrogen-bond acceptors (Lipinski definition) is 3. The number of likely N-dealkylation sites (tertiary alicyclic amines) is 1. The molecule has 4 rings (SSSR count). The van der Waals surface area contributed by atoms with Crippen LogP contribution in [0.15, 0.2) is 48.5 Å². The number of nitrogens with zero attached hydrogens (tertiary/aromatic N) is 2. The van der Waals surface area contributed by atoms with Crippen LogP contribution >= 0.6 is 12.4 Å². The van der Waals surface area contributed by atoms with E-state index in [1.807, 2.05) is 25.2 Å². The third kappa shape index (κ3) is 3.45. The quantitative estimate of drug-likeness (QED) is 0.730. The molecule has 2 aliphatic rings. The molecule has 0 unspecified atom stereocenters. The van der Waals surface area contributed by atoms with E-state index >= 15 is 0 Å². The first kappa shape index (κ1) is 20.5. The molecule has 0 radical (unpaired) electrons. The van der Waals surface area contributed by atoms with E-state index in [0.717, 1.165) is 37.2 Å². The molecule has 0 aliphatic carbocycles. The predicted molar refractivity (Wildman–Crippen MR) is 110 cm³/mol. The minimum atomic E-state index is -0.414. The number of ketones is 1. The average Bonchev–Trinajstić information content (AvgIpc) is 2.90. The van der Waals surface area contributed by atoms with Crippen LogP contribution in [0.4, 0.5) is 10.1 Å². The fraction of sp³-hybridized carbons (Fsp3) is 0.364. The predicted octanol–water partition coefficient (Wildman–Crippen LogP) is 3.83. The summed E-state index contributed by atoms with van der Waals surface area (Å²) in [7, 11) is 1.85. The molecule has 2 aromatic rings. The van der Waals surface area contributed by atoms with Gasteiger partial charge in [-0.25, -0.2) is 4.39 Å². The Bertz CT molecular complexity index is 876. The number of hydrogen-bond donors (Lipinski definition) is 0. The Kier molecular flexibility index (Phi) is 5.87. The lowest BCUT2D eigenvalue weighted by Gasteiger charge is -2.38. The zero-order chi connectivity index (χ0) is 19.0. The van der Waals surface area contributed by atoms with Gasteiger partial charge in [0.1, 0.15) is 5.82 Å². The normalized spacial score (nSPS) is 18.1. The summed E-state index contributed by atoms with van der Waals surface area (Å²) >= 11 is 0. The van der Waals surface area contributed by atoms with Gasteiger partial charge in [0.05, 0.1) is 5.41 Å². The fourth-order valence-electron chi connectivity index (χ4n) is 4.40. The maximum Gasteiger partial charge on any atom is 0.237 e. The van der Waals surface area contributed by atoms with Gasteiger partial charge < -0.3 is 9.80 Å². The van der Waals surface area contributed by atoms with Crippen LogP contribution in [0.5, 0.6) is 0 Å². The molecule has 4 nitrogen and oxygen atoms in total. The molecule has 1 fully saturated rings. The molecule has 1 saturated heterocycles. The van der Waals surface area contributed by atoms with Crippen molar-refractivity contribution >= 4 is 29.8 Å². The van der Waals surface area contributed by atoms with Crippen molar-refractivity contribution < 1.29 is 14.0 Å². The van der Waals surface area contributed by atoms with E-state index in [4.69, 9.17) is 0 Å². The number of piperidine rings is 1. The summed E-state index contributed by atoms with van der Waals surface area (Å²) in [6.45, 7) is 2.26. The highest BCUT2D eigenvalue weighted by atomic mass is 35.5. The Hall–Kier alpha value is -2.24. The SMILES string of the molecule is CN1C(=O)C2(CCN(CCC(=O)c3ccc(F)cc3)CC2)c2ccccc21.Cl. The van der Waals surface area contributed by atoms with Gasteiger partial charge in [-0.15, -0.1) is 12.4 Å². The van der Waals surface area contributed by atoms with Crippen LogP contribution in [0, 0.1) is 5.82 Å². The summed E-state index contributed by atoms with van der Waals surface area (Å²) in [5.74, 6) is -0.123. The monoisotopic (exact) mass is 402 g/mol. The number of halogens is 2. The second-order valence-corrected chi connectivity index (χ2v) is 7.49. The highest BCUT2D eigenvalue weighted by Crippen LogP contribution is 2.47. The number of rotatable bonds is 4. The Labute approximate surface area is 170 Å². The summed E-state index contributed by atoms with van der Waals surface area (Å²) < 4.78 is 13.0. The molecule has 0 aromatic heterocycles. The number of fused-ring (bicyclic) bond motifs is 2. The molecule has 1 amide bonds. The smallest absolute Gasteiger partial charge is 0.237 e. The lowest BCUT2D eigenvalue weighted by Crippen LogP contribution is -2.48. The molecule has 1 spiro atoms. The van der Waals surface area contributed by atoms with Gasteiger partial charge in [-0.1, -0.05) is 18.2 Å². The van der Waals surface area contributed by atoms with Gasteiger partial charge in [-0.3, -0.25) is 9.59 Å². The maximum absolute atomic E-state index is 13.0. The molecule has 2 heterocycles. The van der Waals surface area contributed by atoms with Crippen molar-refractivity contribution in [3.63, 3.8) is 0 Å². The summed E-state index contributed by atoms with van der Waals surface area (Å²) in [5, 5.41) is 0. The van der Waals surface area contributed by atoms with Gasteiger partial charge in [0.15, 0.2) is 5.78 Å². The van der Waals surface area contributed by atoms with Crippen LogP contribution in [0.2, 0.25) is 0 Å². The molecule has 0 atom stereocenters. The Morgan fingerprint density at radius 2 is 1.71 bits per heavy atom. The van der Waals surface area contributed by atoms with Crippen molar-refractivity contribution in [3.05, 3.63) is 65.5 Å². The maximum atomic E-state index is 13.0. The minimum absolute atomic E-state index is 0. The number of carbonyl (C=O) groups is 2. The van der Waals surface area contributed by atoms with Gasteiger partial charge in [0.25, 0.3) is 0 Å². The molecule has 6 heteroatoms. The fourth-order valence-corrected chi connectivity index (χ4v) is 4.40. The van der Waals surface area contributed by atoms with Crippen molar-refractivity contribution in [2.75, 3.05) is 31.6 Å². The number of para-hydroxylation sites is 1. The van der Waals surface area contributed by atoms with Crippen molar-refractivity contribution in [1.82, 2.24) is 4.90 Å². The number of carbonyl (C=O) groups excluding carboxylic acids is 2. The third-order valence-corrected chi connectivity index (χ3v) is 6.03.